The number of pyridine rings is 1. The molecule has 0 radical (unpaired) electrons. The van der Waals surface area contributed by atoms with E-state index in [2.05, 4.69) is 26.9 Å². The maximum Gasteiger partial charge on any atom is 0.258 e. The van der Waals surface area contributed by atoms with Crippen LogP contribution >= 0.6 is 11.3 Å². The van der Waals surface area contributed by atoms with Crippen molar-refractivity contribution in [3.05, 3.63) is 87.9 Å². The number of hydrogen-bond donors (Lipinski definition) is 2. The SMILES string of the molecule is C=C(C=N/C(=C\N)NC(=O)c1cnccc1C)c1cc(-c2csc(C)n2)ccc1C. The van der Waals surface area contributed by atoms with E-state index >= 15 is 0 Å². The van der Waals surface area contributed by atoms with Crippen LogP contribution in [0.3, 0.4) is 0 Å². The number of amides is 1. The molecular weight excluding hydrogens is 394 g/mol. The van der Waals surface area contributed by atoms with Crippen LogP contribution in [0, 0.1) is 20.8 Å². The summed E-state index contributed by atoms with van der Waals surface area (Å²) in [6.07, 6.45) is 5.98. The number of benzene rings is 1. The van der Waals surface area contributed by atoms with E-state index in [1.807, 2.05) is 44.4 Å². The number of carbonyl (C=O) groups excluding carboxylic acids is 1. The molecule has 0 saturated carbocycles. The minimum absolute atomic E-state index is 0.230. The Morgan fingerprint density at radius 3 is 2.63 bits per heavy atom. The first-order chi connectivity index (χ1) is 14.4. The number of rotatable bonds is 6. The van der Waals surface area contributed by atoms with E-state index < -0.39 is 0 Å². The summed E-state index contributed by atoms with van der Waals surface area (Å²) in [5.41, 5.74) is 11.6. The number of thiazole rings is 1. The van der Waals surface area contributed by atoms with E-state index in [9.17, 15) is 4.79 Å². The summed E-state index contributed by atoms with van der Waals surface area (Å²) in [5, 5.41) is 5.75. The normalized spacial score (nSPS) is 11.6. The third-order valence-corrected chi connectivity index (χ3v) is 5.31. The van der Waals surface area contributed by atoms with Crippen molar-refractivity contribution >= 4 is 29.0 Å². The number of aryl methyl sites for hydroxylation is 3. The van der Waals surface area contributed by atoms with Gasteiger partial charge in [-0.15, -0.1) is 11.3 Å². The van der Waals surface area contributed by atoms with Crippen molar-refractivity contribution < 1.29 is 4.79 Å². The second kappa shape index (κ2) is 9.28. The Kier molecular flexibility index (Phi) is 6.54. The molecule has 1 amide bonds. The zero-order valence-electron chi connectivity index (χ0n) is 17.1. The third-order valence-electron chi connectivity index (χ3n) is 4.54. The molecule has 7 heteroatoms. The monoisotopic (exact) mass is 417 g/mol. The van der Waals surface area contributed by atoms with Gasteiger partial charge >= 0.3 is 0 Å². The summed E-state index contributed by atoms with van der Waals surface area (Å²) in [6, 6.07) is 7.89. The van der Waals surface area contributed by atoms with Gasteiger partial charge in [-0.2, -0.15) is 0 Å². The van der Waals surface area contributed by atoms with Crippen molar-refractivity contribution in [2.45, 2.75) is 20.8 Å². The van der Waals surface area contributed by atoms with E-state index in [4.69, 9.17) is 5.73 Å². The van der Waals surface area contributed by atoms with Gasteiger partial charge in [-0.05, 0) is 55.2 Å². The van der Waals surface area contributed by atoms with Crippen molar-refractivity contribution in [2.24, 2.45) is 10.7 Å². The van der Waals surface area contributed by atoms with Gasteiger partial charge in [0, 0.05) is 35.8 Å². The highest BCUT2D eigenvalue weighted by molar-refractivity contribution is 7.09. The second-order valence-corrected chi connectivity index (χ2v) is 7.82. The van der Waals surface area contributed by atoms with Crippen molar-refractivity contribution in [2.75, 3.05) is 0 Å². The largest absolute Gasteiger partial charge is 0.402 e. The first-order valence-electron chi connectivity index (χ1n) is 9.29. The Morgan fingerprint density at radius 2 is 1.97 bits per heavy atom. The minimum Gasteiger partial charge on any atom is -0.402 e. The molecule has 0 unspecified atom stereocenters. The van der Waals surface area contributed by atoms with Gasteiger partial charge in [0.25, 0.3) is 5.91 Å². The lowest BCUT2D eigenvalue weighted by Crippen LogP contribution is -2.23. The summed E-state index contributed by atoms with van der Waals surface area (Å²) in [6.45, 7) is 9.96. The Balaban J connectivity index is 1.77. The first kappa shape index (κ1) is 21.1. The van der Waals surface area contributed by atoms with Crippen LogP contribution in [0.4, 0.5) is 0 Å². The van der Waals surface area contributed by atoms with E-state index in [0.717, 1.165) is 33.0 Å². The van der Waals surface area contributed by atoms with Crippen LogP contribution in [0.15, 0.2) is 65.6 Å². The number of nitrogens with one attached hydrogen (secondary N) is 1. The molecule has 30 heavy (non-hydrogen) atoms. The molecule has 152 valence electrons. The summed E-state index contributed by atoms with van der Waals surface area (Å²) in [7, 11) is 0. The molecular formula is C23H23N5OS. The van der Waals surface area contributed by atoms with Gasteiger partial charge in [0.2, 0.25) is 0 Å². The summed E-state index contributed by atoms with van der Waals surface area (Å²) in [4.78, 5) is 25.3. The minimum atomic E-state index is -0.322. The van der Waals surface area contributed by atoms with E-state index in [1.54, 1.807) is 29.8 Å². The van der Waals surface area contributed by atoms with E-state index in [1.165, 1.54) is 12.4 Å². The van der Waals surface area contributed by atoms with Crippen LogP contribution in [0.5, 0.6) is 0 Å². The van der Waals surface area contributed by atoms with Crippen LogP contribution in [-0.2, 0) is 0 Å². The standard InChI is InChI=1S/C23H23N5OS/c1-14-5-6-18(21-13-30-17(4)27-21)9-19(14)16(3)11-26-22(10-24)28-23(29)20-12-25-8-7-15(20)2/h5-13H,3,24H2,1-2,4H3,(H,28,29)/b22-10+,26-11?. The number of nitrogens with two attached hydrogens (primary N) is 1. The molecule has 0 spiro atoms. The van der Waals surface area contributed by atoms with Crippen LogP contribution in [0.2, 0.25) is 0 Å². The van der Waals surface area contributed by atoms with Gasteiger partial charge in [-0.1, -0.05) is 18.7 Å². The molecule has 3 N–H and O–H groups in total. The molecule has 0 aliphatic heterocycles. The molecule has 3 rings (SSSR count). The molecule has 3 aromatic rings. The molecule has 2 heterocycles. The molecule has 6 nitrogen and oxygen atoms in total. The Bertz CT molecular complexity index is 1160. The predicted molar refractivity (Wildman–Crippen MR) is 123 cm³/mol. The highest BCUT2D eigenvalue weighted by Gasteiger charge is 2.11. The molecule has 0 saturated heterocycles. The Hall–Kier alpha value is -3.58. The lowest BCUT2D eigenvalue weighted by atomic mass is 9.98. The highest BCUT2D eigenvalue weighted by Crippen LogP contribution is 2.26. The fraction of sp³-hybridized carbons (Fsp3) is 0.130. The molecule has 1 aromatic carbocycles. The molecule has 0 aliphatic carbocycles. The number of allylic oxidation sites excluding steroid dienone is 1. The Labute approximate surface area is 179 Å². The number of hydrogen-bond acceptors (Lipinski definition) is 6. The van der Waals surface area contributed by atoms with Crippen LogP contribution in [0.1, 0.15) is 32.1 Å². The predicted octanol–water partition coefficient (Wildman–Crippen LogP) is 4.40. The zero-order valence-corrected chi connectivity index (χ0v) is 18.0. The van der Waals surface area contributed by atoms with Gasteiger partial charge in [-0.25, -0.2) is 9.98 Å². The molecule has 0 aliphatic rings. The summed E-state index contributed by atoms with van der Waals surface area (Å²) < 4.78 is 0. The van der Waals surface area contributed by atoms with Crippen LogP contribution in [-0.4, -0.2) is 22.1 Å². The fourth-order valence-electron chi connectivity index (χ4n) is 2.84. The number of nitrogens with zero attached hydrogens (tertiary/aromatic N) is 3. The van der Waals surface area contributed by atoms with E-state index in [0.29, 0.717) is 11.1 Å². The zero-order chi connectivity index (χ0) is 21.7. The van der Waals surface area contributed by atoms with Crippen molar-refractivity contribution in [3.8, 4) is 11.3 Å². The fourth-order valence-corrected chi connectivity index (χ4v) is 3.46. The van der Waals surface area contributed by atoms with Crippen LogP contribution in [0.25, 0.3) is 16.8 Å². The quantitative estimate of drug-likeness (QED) is 0.581. The molecule has 0 fully saturated rings. The van der Waals surface area contributed by atoms with Crippen molar-refractivity contribution in [1.29, 1.82) is 0 Å². The second-order valence-electron chi connectivity index (χ2n) is 6.76. The topological polar surface area (TPSA) is 93.3 Å². The molecule has 2 aromatic heterocycles. The van der Waals surface area contributed by atoms with Gasteiger partial charge in [0.05, 0.1) is 16.3 Å². The smallest absolute Gasteiger partial charge is 0.258 e. The average Bonchev–Trinajstić information content (AvgIpc) is 3.17. The number of aromatic nitrogens is 2. The van der Waals surface area contributed by atoms with Crippen molar-refractivity contribution in [3.63, 3.8) is 0 Å². The van der Waals surface area contributed by atoms with Gasteiger partial charge in [-0.3, -0.25) is 9.78 Å². The maximum absolute atomic E-state index is 12.5. The summed E-state index contributed by atoms with van der Waals surface area (Å²) in [5.74, 6) is -0.0921. The van der Waals surface area contributed by atoms with E-state index in [-0.39, 0.29) is 11.7 Å². The average molecular weight is 418 g/mol. The molecule has 0 bridgehead atoms. The Morgan fingerprint density at radius 1 is 1.20 bits per heavy atom. The van der Waals surface area contributed by atoms with Gasteiger partial charge < -0.3 is 11.1 Å². The lowest BCUT2D eigenvalue weighted by molar-refractivity contribution is 0.0964. The number of aliphatic imine (C=N–C) groups is 1. The van der Waals surface area contributed by atoms with Crippen LogP contribution < -0.4 is 11.1 Å². The summed E-state index contributed by atoms with van der Waals surface area (Å²) >= 11 is 1.61. The van der Waals surface area contributed by atoms with Gasteiger partial charge in [0.1, 0.15) is 5.82 Å². The third kappa shape index (κ3) is 4.87. The molecule has 0 atom stereocenters. The van der Waals surface area contributed by atoms with Crippen molar-refractivity contribution in [1.82, 2.24) is 15.3 Å². The highest BCUT2D eigenvalue weighted by atomic mass is 32.1. The first-order valence-corrected chi connectivity index (χ1v) is 10.2. The van der Waals surface area contributed by atoms with Gasteiger partial charge in [0.15, 0.2) is 0 Å². The lowest BCUT2D eigenvalue weighted by Gasteiger charge is -2.09. The maximum atomic E-state index is 12.5. The number of carbonyl (C=O) groups is 1.